The molecular weight excluding hydrogens is 378 g/mol. The summed E-state index contributed by atoms with van der Waals surface area (Å²) in [4.78, 5) is 0. The van der Waals surface area contributed by atoms with Crippen LogP contribution in [0.3, 0.4) is 0 Å². The van der Waals surface area contributed by atoms with Crippen LogP contribution >= 0.6 is 0 Å². The number of allylic oxidation sites excluding steroid dienone is 1. The van der Waals surface area contributed by atoms with E-state index in [0.717, 1.165) is 6.07 Å². The molecule has 0 amide bonds. The Labute approximate surface area is 157 Å². The van der Waals surface area contributed by atoms with Gasteiger partial charge in [0.15, 0.2) is 0 Å². The Hall–Kier alpha value is -3.02. The highest BCUT2D eigenvalue weighted by Crippen LogP contribution is 2.33. The molecule has 6 heteroatoms. The summed E-state index contributed by atoms with van der Waals surface area (Å²) in [6.45, 7) is 3.56. The summed E-state index contributed by atoms with van der Waals surface area (Å²) in [6, 6.07) is 6.90. The molecule has 3 rings (SSSR count). The third-order valence-corrected chi connectivity index (χ3v) is 4.35. The zero-order valence-corrected chi connectivity index (χ0v) is 14.5. The van der Waals surface area contributed by atoms with Gasteiger partial charge in [0.25, 0.3) is 6.08 Å². The Balaban J connectivity index is 2.13. The molecule has 28 heavy (non-hydrogen) atoms. The number of fused-ring (bicyclic) bond motifs is 1. The van der Waals surface area contributed by atoms with E-state index >= 15 is 0 Å². The molecule has 0 bridgehead atoms. The van der Waals surface area contributed by atoms with Crippen LogP contribution < -0.4 is 0 Å². The number of rotatable bonds is 5. The van der Waals surface area contributed by atoms with E-state index in [1.165, 1.54) is 30.3 Å². The molecule has 0 atom stereocenters. The molecule has 144 valence electrons. The molecule has 0 unspecified atom stereocenters. The van der Waals surface area contributed by atoms with E-state index in [0.29, 0.717) is 18.4 Å². The van der Waals surface area contributed by atoms with Crippen LogP contribution in [-0.2, 0) is 6.42 Å². The molecule has 0 aliphatic rings. The zero-order chi connectivity index (χ0) is 20.4. The fourth-order valence-electron chi connectivity index (χ4n) is 3.06. The third-order valence-electron chi connectivity index (χ3n) is 4.35. The van der Waals surface area contributed by atoms with Crippen molar-refractivity contribution in [3.05, 3.63) is 89.5 Å². The van der Waals surface area contributed by atoms with Gasteiger partial charge in [0, 0.05) is 11.5 Å². The molecule has 0 radical (unpaired) electrons. The van der Waals surface area contributed by atoms with E-state index in [4.69, 9.17) is 0 Å². The SMILES string of the molecule is C=CCCc1cc(F)c(-c2ccc3c(F)c(C=C(F)F)c(F)cc3c2)c(F)c1. The third kappa shape index (κ3) is 3.81. The average Bonchev–Trinajstić information content (AvgIpc) is 2.62. The van der Waals surface area contributed by atoms with Gasteiger partial charge in [0.05, 0.1) is 11.1 Å². The second-order valence-electron chi connectivity index (χ2n) is 6.22. The topological polar surface area (TPSA) is 0 Å². The summed E-state index contributed by atoms with van der Waals surface area (Å²) in [5.74, 6) is -3.98. The Morgan fingerprint density at radius 3 is 2.18 bits per heavy atom. The quantitative estimate of drug-likeness (QED) is 0.313. The molecule has 0 fully saturated rings. The smallest absolute Gasteiger partial charge is 0.206 e. The molecule has 0 heterocycles. The molecule has 3 aromatic carbocycles. The molecule has 3 aromatic rings. The summed E-state index contributed by atoms with van der Waals surface area (Å²) in [6.07, 6.45) is 0.471. The minimum Gasteiger partial charge on any atom is -0.206 e. The maximum absolute atomic E-state index is 14.5. The highest BCUT2D eigenvalue weighted by molar-refractivity contribution is 5.90. The maximum atomic E-state index is 14.5. The van der Waals surface area contributed by atoms with Crippen molar-refractivity contribution in [3.63, 3.8) is 0 Å². The van der Waals surface area contributed by atoms with E-state index in [1.54, 1.807) is 6.08 Å². The average molecular weight is 392 g/mol. The highest BCUT2D eigenvalue weighted by Gasteiger charge is 2.17. The zero-order valence-electron chi connectivity index (χ0n) is 14.5. The minimum atomic E-state index is -2.24. The van der Waals surface area contributed by atoms with Gasteiger partial charge in [-0.05, 0) is 53.6 Å². The van der Waals surface area contributed by atoms with E-state index in [2.05, 4.69) is 6.58 Å². The fourth-order valence-corrected chi connectivity index (χ4v) is 3.06. The van der Waals surface area contributed by atoms with Crippen molar-refractivity contribution >= 4 is 16.8 Å². The molecule has 0 N–H and O–H groups in total. The van der Waals surface area contributed by atoms with Crippen LogP contribution in [0.1, 0.15) is 17.5 Å². The van der Waals surface area contributed by atoms with Crippen LogP contribution in [0.25, 0.3) is 28.0 Å². The van der Waals surface area contributed by atoms with Gasteiger partial charge in [0.1, 0.15) is 23.3 Å². The standard InChI is InChI=1S/C22H14F6/c1-2-3-4-12-7-18(24)21(19(25)8-12)13-5-6-15-14(9-13)10-17(23)16(22(15)28)11-20(26)27/h2,5-11H,1,3-4H2. The van der Waals surface area contributed by atoms with Crippen molar-refractivity contribution in [1.29, 1.82) is 0 Å². The van der Waals surface area contributed by atoms with Crippen LogP contribution in [0.15, 0.2) is 55.1 Å². The molecule has 0 spiro atoms. The van der Waals surface area contributed by atoms with Gasteiger partial charge in [-0.25, -0.2) is 17.6 Å². The Kier molecular flexibility index (Phi) is 5.58. The number of halogens is 6. The normalized spacial score (nSPS) is 10.9. The van der Waals surface area contributed by atoms with Gasteiger partial charge >= 0.3 is 0 Å². The lowest BCUT2D eigenvalue weighted by molar-refractivity contribution is 0.428. The van der Waals surface area contributed by atoms with Gasteiger partial charge in [-0.15, -0.1) is 6.58 Å². The van der Waals surface area contributed by atoms with E-state index in [1.807, 2.05) is 0 Å². The Morgan fingerprint density at radius 1 is 0.893 bits per heavy atom. The number of hydrogen-bond acceptors (Lipinski definition) is 0. The lowest BCUT2D eigenvalue weighted by atomic mass is 9.96. The van der Waals surface area contributed by atoms with Crippen LogP contribution in [-0.4, -0.2) is 0 Å². The van der Waals surface area contributed by atoms with E-state index < -0.39 is 34.9 Å². The van der Waals surface area contributed by atoms with Crippen molar-refractivity contribution in [3.8, 4) is 11.1 Å². The summed E-state index contributed by atoms with van der Waals surface area (Å²) < 4.78 is 82.2. The lowest BCUT2D eigenvalue weighted by Gasteiger charge is -2.11. The monoisotopic (exact) mass is 392 g/mol. The predicted octanol–water partition coefficient (Wildman–Crippen LogP) is 7.42. The largest absolute Gasteiger partial charge is 0.271 e. The van der Waals surface area contributed by atoms with Gasteiger partial charge in [0.2, 0.25) is 0 Å². The molecule has 0 saturated heterocycles. The molecule has 0 nitrogen and oxygen atoms in total. The predicted molar refractivity (Wildman–Crippen MR) is 97.9 cm³/mol. The Bertz CT molecular complexity index is 1070. The van der Waals surface area contributed by atoms with Crippen molar-refractivity contribution in [2.24, 2.45) is 0 Å². The first-order valence-electron chi connectivity index (χ1n) is 8.35. The number of aryl methyl sites for hydroxylation is 1. The number of hydrogen-bond donors (Lipinski definition) is 0. The van der Waals surface area contributed by atoms with Crippen molar-refractivity contribution < 1.29 is 26.3 Å². The second kappa shape index (κ2) is 7.92. The first-order valence-corrected chi connectivity index (χ1v) is 8.35. The van der Waals surface area contributed by atoms with Gasteiger partial charge in [-0.1, -0.05) is 18.2 Å². The summed E-state index contributed by atoms with van der Waals surface area (Å²) in [7, 11) is 0. The van der Waals surface area contributed by atoms with E-state index in [-0.39, 0.29) is 28.0 Å². The lowest BCUT2D eigenvalue weighted by Crippen LogP contribution is -1.96. The molecule has 0 saturated carbocycles. The first kappa shape index (κ1) is 19.7. The fraction of sp³-hybridized carbons (Fsp3) is 0.0909. The van der Waals surface area contributed by atoms with Crippen LogP contribution in [0.5, 0.6) is 0 Å². The minimum absolute atomic E-state index is 0.00143. The highest BCUT2D eigenvalue weighted by atomic mass is 19.3. The van der Waals surface area contributed by atoms with Crippen LogP contribution in [0, 0.1) is 23.3 Å². The molecule has 0 aromatic heterocycles. The van der Waals surface area contributed by atoms with Crippen molar-refractivity contribution in [2.45, 2.75) is 12.8 Å². The molecule has 0 aliphatic carbocycles. The van der Waals surface area contributed by atoms with Crippen molar-refractivity contribution in [2.75, 3.05) is 0 Å². The second-order valence-corrected chi connectivity index (χ2v) is 6.22. The van der Waals surface area contributed by atoms with Gasteiger partial charge in [-0.2, -0.15) is 8.78 Å². The van der Waals surface area contributed by atoms with Gasteiger partial charge in [-0.3, -0.25) is 0 Å². The molecular formula is C22H14F6. The van der Waals surface area contributed by atoms with Crippen molar-refractivity contribution in [1.82, 2.24) is 0 Å². The van der Waals surface area contributed by atoms with E-state index in [9.17, 15) is 26.3 Å². The van der Waals surface area contributed by atoms with Crippen LogP contribution in [0.4, 0.5) is 26.3 Å². The van der Waals surface area contributed by atoms with Gasteiger partial charge < -0.3 is 0 Å². The number of benzene rings is 3. The summed E-state index contributed by atoms with van der Waals surface area (Å²) >= 11 is 0. The first-order chi connectivity index (χ1) is 13.3. The Morgan fingerprint density at radius 2 is 1.57 bits per heavy atom. The summed E-state index contributed by atoms with van der Waals surface area (Å²) in [5.41, 5.74) is -0.661. The maximum Gasteiger partial charge on any atom is 0.271 e. The van der Waals surface area contributed by atoms with Crippen LogP contribution in [0.2, 0.25) is 0 Å². The summed E-state index contributed by atoms with van der Waals surface area (Å²) in [5, 5.41) is -0.139. The molecule has 0 aliphatic heterocycles.